The van der Waals surface area contributed by atoms with Gasteiger partial charge in [0.15, 0.2) is 5.94 Å². The molecule has 0 radical (unpaired) electrons. The van der Waals surface area contributed by atoms with Crippen molar-refractivity contribution in [3.05, 3.63) is 12.2 Å². The lowest BCUT2D eigenvalue weighted by atomic mass is 10.2. The summed E-state index contributed by atoms with van der Waals surface area (Å²) in [5.41, 5.74) is -8.44. The smallest absolute Gasteiger partial charge is 0.477 e. The molecule has 0 aliphatic carbocycles. The van der Waals surface area contributed by atoms with Gasteiger partial charge in [-0.25, -0.2) is 18.0 Å². The zero-order chi connectivity index (χ0) is 15.8. The molecule has 0 spiro atoms. The minimum absolute atomic E-state index is 0.154. The summed E-state index contributed by atoms with van der Waals surface area (Å²) in [5.74, 6) is -3.97. The van der Waals surface area contributed by atoms with Crippen LogP contribution in [0.5, 0.6) is 0 Å². The Bertz CT molecular complexity index is 555. The number of carboxylic acids is 1. The molecule has 20 heavy (non-hydrogen) atoms. The maximum Gasteiger partial charge on any atom is 0.499 e. The molecule has 1 rings (SSSR count). The van der Waals surface area contributed by atoms with E-state index in [1.807, 2.05) is 0 Å². The third kappa shape index (κ3) is 2.70. The number of ether oxygens (including phenoxy) is 1. The van der Waals surface area contributed by atoms with Gasteiger partial charge in [0.25, 0.3) is 15.6 Å². The van der Waals surface area contributed by atoms with Crippen LogP contribution in [-0.4, -0.2) is 59.3 Å². The van der Waals surface area contributed by atoms with Gasteiger partial charge in [0.1, 0.15) is 0 Å². The predicted octanol–water partition coefficient (Wildman–Crippen LogP) is 0.226. The molecule has 0 aromatic heterocycles. The highest BCUT2D eigenvalue weighted by molar-refractivity contribution is 7.92. The molecular weight excluding hydrogens is 311 g/mol. The minimum Gasteiger partial charge on any atom is -0.477 e. The fraction of sp³-hybridized carbons (Fsp3) is 0.500. The van der Waals surface area contributed by atoms with Gasteiger partial charge in [-0.2, -0.15) is 13.2 Å². The number of rotatable bonds is 4. The summed E-state index contributed by atoms with van der Waals surface area (Å²) in [6.07, 6.45) is -0.112. The second-order valence-corrected chi connectivity index (χ2v) is 5.55. The van der Waals surface area contributed by atoms with Gasteiger partial charge in [0.2, 0.25) is 0 Å². The van der Waals surface area contributed by atoms with Gasteiger partial charge >= 0.3 is 17.6 Å². The van der Waals surface area contributed by atoms with Gasteiger partial charge < -0.3 is 14.9 Å². The maximum atomic E-state index is 12.1. The van der Waals surface area contributed by atoms with Crippen LogP contribution in [0.1, 0.15) is 0 Å². The van der Waals surface area contributed by atoms with E-state index < -0.39 is 45.6 Å². The topological polar surface area (TPSA) is 121 Å². The molecule has 0 saturated heterocycles. The average molecular weight is 319 g/mol. The molecule has 1 aliphatic rings. The highest BCUT2D eigenvalue weighted by Crippen LogP contribution is 2.29. The second kappa shape index (κ2) is 4.94. The molecule has 0 saturated carbocycles. The number of carboxylic acid groups (broad SMARTS) is 2. The predicted molar refractivity (Wildman–Crippen MR) is 55.2 cm³/mol. The van der Waals surface area contributed by atoms with Crippen molar-refractivity contribution < 1.29 is 46.1 Å². The fourth-order valence-corrected chi connectivity index (χ4v) is 1.84. The van der Waals surface area contributed by atoms with Gasteiger partial charge in [-0.1, -0.05) is 6.08 Å². The summed E-state index contributed by atoms with van der Waals surface area (Å²) in [7, 11) is -5.75. The molecule has 0 aromatic carbocycles. The Morgan fingerprint density at radius 3 is 2.30 bits per heavy atom. The summed E-state index contributed by atoms with van der Waals surface area (Å²) in [4.78, 5) is 22.0. The van der Waals surface area contributed by atoms with Gasteiger partial charge in [0, 0.05) is 6.54 Å². The Labute approximate surface area is 110 Å². The highest BCUT2D eigenvalue weighted by atomic mass is 32.2. The number of aliphatic carboxylic acids is 1. The molecule has 8 nitrogen and oxygen atoms in total. The maximum absolute atomic E-state index is 12.1. The van der Waals surface area contributed by atoms with E-state index in [9.17, 15) is 31.2 Å². The van der Waals surface area contributed by atoms with E-state index in [0.717, 1.165) is 6.08 Å². The molecule has 2 N–H and O–H groups in total. The van der Waals surface area contributed by atoms with Crippen molar-refractivity contribution in [2.24, 2.45) is 0 Å². The lowest BCUT2D eigenvalue weighted by Crippen LogP contribution is -2.55. The number of sulfone groups is 1. The van der Waals surface area contributed by atoms with Crippen LogP contribution < -0.4 is 0 Å². The Morgan fingerprint density at radius 1 is 1.35 bits per heavy atom. The molecule has 1 heterocycles. The van der Waals surface area contributed by atoms with E-state index in [0.29, 0.717) is 6.08 Å². The van der Waals surface area contributed by atoms with Crippen molar-refractivity contribution in [3.8, 4) is 0 Å². The minimum atomic E-state index is -5.75. The van der Waals surface area contributed by atoms with E-state index >= 15 is 0 Å². The Balaban J connectivity index is 3.05. The van der Waals surface area contributed by atoms with Crippen molar-refractivity contribution in [3.63, 3.8) is 0 Å². The average Bonchev–Trinajstić information content (AvgIpc) is 2.69. The molecule has 0 aromatic rings. The first-order valence-corrected chi connectivity index (χ1v) is 6.44. The highest BCUT2D eigenvalue weighted by Gasteiger charge is 2.53. The lowest BCUT2D eigenvalue weighted by Gasteiger charge is -2.31. The normalized spacial score (nSPS) is 23.1. The molecular formula is C8H8F3NO7S. The zero-order valence-electron chi connectivity index (χ0n) is 9.49. The van der Waals surface area contributed by atoms with Crippen molar-refractivity contribution >= 4 is 21.9 Å². The summed E-state index contributed by atoms with van der Waals surface area (Å²) in [5, 5.41) is 17.7. The van der Waals surface area contributed by atoms with E-state index in [-0.39, 0.29) is 4.90 Å². The number of nitrogens with zero attached hydrogens (tertiary/aromatic N) is 1. The number of halogens is 3. The first-order valence-electron chi connectivity index (χ1n) is 4.79. The van der Waals surface area contributed by atoms with Crippen LogP contribution in [0.15, 0.2) is 12.2 Å². The van der Waals surface area contributed by atoms with Crippen LogP contribution in [0.2, 0.25) is 0 Å². The van der Waals surface area contributed by atoms with Gasteiger partial charge in [-0.15, -0.1) is 0 Å². The summed E-state index contributed by atoms with van der Waals surface area (Å²) in [6, 6.07) is 0. The number of amides is 1. The third-order valence-electron chi connectivity index (χ3n) is 2.36. The quantitative estimate of drug-likeness (QED) is 0.711. The van der Waals surface area contributed by atoms with Crippen molar-refractivity contribution in [2.75, 3.05) is 12.5 Å². The first-order chi connectivity index (χ1) is 8.94. The van der Waals surface area contributed by atoms with Crippen LogP contribution >= 0.6 is 0 Å². The third-order valence-corrected chi connectivity index (χ3v) is 3.49. The van der Waals surface area contributed by atoms with E-state index in [2.05, 4.69) is 4.74 Å². The van der Waals surface area contributed by atoms with Crippen LogP contribution in [0.25, 0.3) is 0 Å². The Kier molecular flexibility index (Phi) is 4.01. The molecule has 1 unspecified atom stereocenters. The molecule has 0 fully saturated rings. The fourth-order valence-electron chi connectivity index (χ4n) is 1.37. The summed E-state index contributed by atoms with van der Waals surface area (Å²) >= 11 is 0. The lowest BCUT2D eigenvalue weighted by molar-refractivity contribution is -0.173. The molecule has 1 atom stereocenters. The van der Waals surface area contributed by atoms with Crippen molar-refractivity contribution in [2.45, 2.75) is 11.2 Å². The Morgan fingerprint density at radius 2 is 1.90 bits per heavy atom. The second-order valence-electron chi connectivity index (χ2n) is 3.62. The van der Waals surface area contributed by atoms with E-state index in [4.69, 9.17) is 10.2 Å². The van der Waals surface area contributed by atoms with Crippen molar-refractivity contribution in [1.29, 1.82) is 0 Å². The van der Waals surface area contributed by atoms with E-state index in [1.165, 1.54) is 0 Å². The van der Waals surface area contributed by atoms with Crippen molar-refractivity contribution in [1.82, 2.24) is 4.90 Å². The van der Waals surface area contributed by atoms with Gasteiger partial charge in [0.05, 0.1) is 0 Å². The Hall–Kier alpha value is -1.82. The zero-order valence-corrected chi connectivity index (χ0v) is 10.3. The summed E-state index contributed by atoms with van der Waals surface area (Å²) in [6.45, 7) is -0.465. The van der Waals surface area contributed by atoms with Crippen LogP contribution in [-0.2, 0) is 19.4 Å². The standard InChI is InChI=1S/C8H8F3NO7S/c9-8(10,11)20(17,18)4-19-7(5(13)14)2-1-3-12(7)6(15)16/h1-2H,3-4H2,(H,13,14)(H,15,16). The van der Waals surface area contributed by atoms with Gasteiger partial charge in [-0.3, -0.25) is 4.90 Å². The molecule has 1 aliphatic heterocycles. The largest absolute Gasteiger partial charge is 0.499 e. The monoisotopic (exact) mass is 319 g/mol. The number of hydrogen-bond donors (Lipinski definition) is 2. The van der Waals surface area contributed by atoms with Gasteiger partial charge in [-0.05, 0) is 6.08 Å². The number of alkyl halides is 3. The SMILES string of the molecule is O=C(O)N1CC=CC1(OCS(=O)(=O)C(F)(F)F)C(=O)O. The van der Waals surface area contributed by atoms with Crippen LogP contribution in [0, 0.1) is 0 Å². The molecule has 12 heteroatoms. The van der Waals surface area contributed by atoms with E-state index in [1.54, 1.807) is 0 Å². The number of hydrogen-bond acceptors (Lipinski definition) is 5. The molecule has 1 amide bonds. The molecule has 114 valence electrons. The first kappa shape index (κ1) is 16.2. The van der Waals surface area contributed by atoms with Crippen LogP contribution in [0.4, 0.5) is 18.0 Å². The summed E-state index contributed by atoms with van der Waals surface area (Å²) < 4.78 is 62.3. The molecule has 0 bridgehead atoms. The number of carbonyl (C=O) groups is 2. The van der Waals surface area contributed by atoms with Crippen LogP contribution in [0.3, 0.4) is 0 Å².